The highest BCUT2D eigenvalue weighted by molar-refractivity contribution is 6.04. The Balaban J connectivity index is 1.82. The molecule has 2 saturated heterocycles. The molecule has 3 amide bonds. The molecule has 2 heterocycles. The number of hydrogen-bond acceptors (Lipinski definition) is 3. The van der Waals surface area contributed by atoms with Crippen molar-refractivity contribution < 1.29 is 9.59 Å². The monoisotopic (exact) mass is 239 g/mol. The molecule has 5 nitrogen and oxygen atoms in total. The van der Waals surface area contributed by atoms with Gasteiger partial charge >= 0.3 is 6.03 Å². The second-order valence-electron chi connectivity index (χ2n) is 4.84. The third kappa shape index (κ3) is 2.77. The fourth-order valence-electron chi connectivity index (χ4n) is 2.52. The van der Waals surface area contributed by atoms with Crippen LogP contribution in [0.4, 0.5) is 4.79 Å². The quantitative estimate of drug-likeness (QED) is 0.715. The Labute approximate surface area is 102 Å². The number of rotatable bonds is 4. The van der Waals surface area contributed by atoms with Gasteiger partial charge in [0.15, 0.2) is 0 Å². The average molecular weight is 239 g/mol. The second kappa shape index (κ2) is 5.49. The van der Waals surface area contributed by atoms with E-state index < -0.39 is 0 Å². The van der Waals surface area contributed by atoms with Crippen LogP contribution in [0.25, 0.3) is 0 Å². The molecule has 0 aliphatic carbocycles. The van der Waals surface area contributed by atoms with Gasteiger partial charge in [-0.05, 0) is 32.2 Å². The lowest BCUT2D eigenvalue weighted by Gasteiger charge is -2.24. The van der Waals surface area contributed by atoms with Gasteiger partial charge in [-0.25, -0.2) is 4.79 Å². The van der Waals surface area contributed by atoms with Crippen LogP contribution in [0.2, 0.25) is 0 Å². The summed E-state index contributed by atoms with van der Waals surface area (Å²) in [7, 11) is 0. The summed E-state index contributed by atoms with van der Waals surface area (Å²) in [5.41, 5.74) is 0. The average Bonchev–Trinajstić information content (AvgIpc) is 2.63. The van der Waals surface area contributed by atoms with E-state index in [9.17, 15) is 9.59 Å². The van der Waals surface area contributed by atoms with Crippen LogP contribution in [0.1, 0.15) is 39.0 Å². The van der Waals surface area contributed by atoms with Crippen LogP contribution < -0.4 is 10.6 Å². The van der Waals surface area contributed by atoms with Crippen LogP contribution in [0.15, 0.2) is 0 Å². The molecule has 5 heteroatoms. The lowest BCUT2D eigenvalue weighted by atomic mass is 10.0. The number of nitrogens with zero attached hydrogens (tertiary/aromatic N) is 1. The van der Waals surface area contributed by atoms with Gasteiger partial charge in [-0.15, -0.1) is 0 Å². The zero-order valence-electron chi connectivity index (χ0n) is 10.4. The molecule has 2 aliphatic heterocycles. The van der Waals surface area contributed by atoms with E-state index >= 15 is 0 Å². The van der Waals surface area contributed by atoms with Crippen molar-refractivity contribution in [1.82, 2.24) is 15.5 Å². The van der Waals surface area contributed by atoms with E-state index in [1.54, 1.807) is 0 Å². The summed E-state index contributed by atoms with van der Waals surface area (Å²) >= 11 is 0. The predicted octanol–water partition coefficient (Wildman–Crippen LogP) is 0.849. The van der Waals surface area contributed by atoms with Gasteiger partial charge in [-0.3, -0.25) is 9.69 Å². The lowest BCUT2D eigenvalue weighted by molar-refractivity contribution is -0.127. The maximum atomic E-state index is 11.8. The van der Waals surface area contributed by atoms with Crippen molar-refractivity contribution >= 4 is 11.9 Å². The Morgan fingerprint density at radius 3 is 2.76 bits per heavy atom. The molecule has 17 heavy (non-hydrogen) atoms. The molecule has 0 saturated carbocycles. The zero-order chi connectivity index (χ0) is 12.3. The first kappa shape index (κ1) is 12.4. The Morgan fingerprint density at radius 2 is 2.18 bits per heavy atom. The molecule has 0 aromatic heterocycles. The van der Waals surface area contributed by atoms with E-state index in [0.29, 0.717) is 19.0 Å². The van der Waals surface area contributed by atoms with Crippen LogP contribution >= 0.6 is 0 Å². The van der Waals surface area contributed by atoms with Crippen LogP contribution in [-0.2, 0) is 4.79 Å². The van der Waals surface area contributed by atoms with Crippen LogP contribution in [-0.4, -0.2) is 42.0 Å². The third-order valence-corrected chi connectivity index (χ3v) is 3.63. The number of imide groups is 1. The van der Waals surface area contributed by atoms with Gasteiger partial charge in [-0.1, -0.05) is 13.3 Å². The highest BCUT2D eigenvalue weighted by atomic mass is 16.2. The Bertz CT molecular complexity index is 300. The van der Waals surface area contributed by atoms with E-state index in [-0.39, 0.29) is 18.0 Å². The minimum atomic E-state index is -0.304. The molecule has 2 atom stereocenters. The normalized spacial score (nSPS) is 29.6. The fraction of sp³-hybridized carbons (Fsp3) is 0.833. The van der Waals surface area contributed by atoms with Gasteiger partial charge in [0.1, 0.15) is 6.04 Å². The lowest BCUT2D eigenvalue weighted by Crippen LogP contribution is -2.39. The predicted molar refractivity (Wildman–Crippen MR) is 64.6 cm³/mol. The fourth-order valence-corrected chi connectivity index (χ4v) is 2.52. The Morgan fingerprint density at radius 1 is 1.35 bits per heavy atom. The van der Waals surface area contributed by atoms with Crippen LogP contribution in [0, 0.1) is 0 Å². The molecule has 0 aromatic carbocycles. The molecule has 2 rings (SSSR count). The number of amides is 3. The minimum absolute atomic E-state index is 0.0618. The summed E-state index contributed by atoms with van der Waals surface area (Å²) < 4.78 is 0. The van der Waals surface area contributed by atoms with E-state index in [0.717, 1.165) is 19.4 Å². The van der Waals surface area contributed by atoms with Crippen molar-refractivity contribution in [3.63, 3.8) is 0 Å². The van der Waals surface area contributed by atoms with Crippen molar-refractivity contribution in [2.45, 2.75) is 51.1 Å². The van der Waals surface area contributed by atoms with E-state index in [4.69, 9.17) is 0 Å². The standard InChI is InChI=1S/C12H21N3O2/c1-2-10-11(16)15(12(17)14-10)8-6-9-5-3-4-7-13-9/h9-10,13H,2-8H2,1H3,(H,14,17). The van der Waals surface area contributed by atoms with Crippen LogP contribution in [0.3, 0.4) is 0 Å². The van der Waals surface area contributed by atoms with Crippen molar-refractivity contribution in [2.24, 2.45) is 0 Å². The molecule has 0 radical (unpaired) electrons. The summed E-state index contributed by atoms with van der Waals surface area (Å²) in [6.45, 7) is 3.51. The molecule has 0 aromatic rings. The maximum absolute atomic E-state index is 11.8. The zero-order valence-corrected chi connectivity index (χ0v) is 10.4. The largest absolute Gasteiger partial charge is 0.326 e. The van der Waals surface area contributed by atoms with E-state index in [2.05, 4.69) is 10.6 Å². The summed E-state index contributed by atoms with van der Waals surface area (Å²) in [6.07, 6.45) is 5.17. The minimum Gasteiger partial charge on any atom is -0.326 e. The van der Waals surface area contributed by atoms with Gasteiger partial charge in [0.2, 0.25) is 0 Å². The van der Waals surface area contributed by atoms with E-state index in [1.165, 1.54) is 17.7 Å². The first-order valence-corrected chi connectivity index (χ1v) is 6.57. The number of piperidine rings is 1. The van der Waals surface area contributed by atoms with Crippen molar-refractivity contribution in [3.05, 3.63) is 0 Å². The van der Waals surface area contributed by atoms with Crippen molar-refractivity contribution in [2.75, 3.05) is 13.1 Å². The summed E-state index contributed by atoms with van der Waals surface area (Å²) in [5, 5.41) is 6.14. The van der Waals surface area contributed by atoms with Crippen molar-refractivity contribution in [1.29, 1.82) is 0 Å². The van der Waals surface area contributed by atoms with Gasteiger partial charge in [-0.2, -0.15) is 0 Å². The van der Waals surface area contributed by atoms with Gasteiger partial charge in [0.25, 0.3) is 5.91 Å². The molecule has 2 unspecified atom stereocenters. The van der Waals surface area contributed by atoms with Crippen molar-refractivity contribution in [3.8, 4) is 0 Å². The summed E-state index contributed by atoms with van der Waals surface area (Å²) in [4.78, 5) is 24.8. The number of carbonyl (C=O) groups is 2. The maximum Gasteiger partial charge on any atom is 0.324 e. The molecule has 0 spiro atoms. The second-order valence-corrected chi connectivity index (χ2v) is 4.84. The first-order chi connectivity index (χ1) is 8.22. The number of hydrogen-bond donors (Lipinski definition) is 2. The summed E-state index contributed by atoms with van der Waals surface area (Å²) in [5.74, 6) is -0.0618. The molecule has 2 N–H and O–H groups in total. The highest BCUT2D eigenvalue weighted by Crippen LogP contribution is 2.14. The van der Waals surface area contributed by atoms with Gasteiger partial charge in [0, 0.05) is 12.6 Å². The Hall–Kier alpha value is -1.10. The SMILES string of the molecule is CCC1NC(=O)N(CCC2CCCCN2)C1=O. The topological polar surface area (TPSA) is 61.4 Å². The molecular formula is C12H21N3O2. The molecule has 96 valence electrons. The smallest absolute Gasteiger partial charge is 0.324 e. The highest BCUT2D eigenvalue weighted by Gasteiger charge is 2.36. The molecule has 2 aliphatic rings. The molecular weight excluding hydrogens is 218 g/mol. The number of urea groups is 1. The summed E-state index contributed by atoms with van der Waals surface area (Å²) in [6, 6.07) is -0.0653. The third-order valence-electron chi connectivity index (χ3n) is 3.63. The van der Waals surface area contributed by atoms with Crippen LogP contribution in [0.5, 0.6) is 0 Å². The first-order valence-electron chi connectivity index (χ1n) is 6.57. The molecule has 0 bridgehead atoms. The number of carbonyl (C=O) groups excluding carboxylic acids is 2. The molecule has 2 fully saturated rings. The van der Waals surface area contributed by atoms with Gasteiger partial charge in [0.05, 0.1) is 0 Å². The van der Waals surface area contributed by atoms with E-state index in [1.807, 2.05) is 6.92 Å². The number of nitrogens with one attached hydrogen (secondary N) is 2. The van der Waals surface area contributed by atoms with Gasteiger partial charge < -0.3 is 10.6 Å². The Kier molecular flexibility index (Phi) is 3.99.